The normalized spacial score (nSPS) is 17.0. The molecular weight excluding hydrogens is 458 g/mol. The maximum atomic E-state index is 15.1. The lowest BCUT2D eigenvalue weighted by atomic mass is 10.0. The molecule has 9 nitrogen and oxygen atoms in total. The maximum absolute atomic E-state index is 15.1. The van der Waals surface area contributed by atoms with Gasteiger partial charge in [-0.1, -0.05) is 0 Å². The van der Waals surface area contributed by atoms with Crippen LogP contribution in [0, 0.1) is 18.6 Å². The number of hydrogen-bond acceptors (Lipinski definition) is 5. The minimum atomic E-state index is -4.06. The van der Waals surface area contributed by atoms with Gasteiger partial charge in [0.15, 0.2) is 0 Å². The van der Waals surface area contributed by atoms with E-state index < -0.39 is 44.3 Å². The number of morpholine rings is 1. The molecule has 176 valence electrons. The van der Waals surface area contributed by atoms with Crippen molar-refractivity contribution in [3.63, 3.8) is 0 Å². The fraction of sp³-hybridized carbons (Fsp3) is 0.333. The van der Waals surface area contributed by atoms with E-state index in [1.807, 2.05) is 17.7 Å². The lowest BCUT2D eigenvalue weighted by Gasteiger charge is -2.31. The standard InChI is InChI=1S/C21H22F2N4O5S/c1-12-3-4-27-17(8-13-11-26(21(28)29)5-6-32-13)20(25-18(27)7-12)19-15(22)9-14(10-16(19)23)33(30,31)24-2/h3-4,7,9-10,13,24H,5-6,8,11H2,1-2H3,(H,28,29). The van der Waals surface area contributed by atoms with Crippen molar-refractivity contribution in [1.29, 1.82) is 0 Å². The number of ether oxygens (including phenoxy) is 1. The van der Waals surface area contributed by atoms with Gasteiger partial charge in [0.1, 0.15) is 17.3 Å². The SMILES string of the molecule is CNS(=O)(=O)c1cc(F)c(-c2nc3cc(C)ccn3c2CC2CN(C(=O)O)CCO2)c(F)c1. The molecular formula is C21H22F2N4O5S. The molecule has 1 amide bonds. The number of nitrogens with zero attached hydrogens (tertiary/aromatic N) is 3. The van der Waals surface area contributed by atoms with Gasteiger partial charge >= 0.3 is 6.09 Å². The van der Waals surface area contributed by atoms with Gasteiger partial charge in [-0.05, 0) is 43.8 Å². The van der Waals surface area contributed by atoms with Crippen LogP contribution in [-0.4, -0.2) is 66.8 Å². The van der Waals surface area contributed by atoms with Crippen LogP contribution in [0.3, 0.4) is 0 Å². The predicted molar refractivity (Wildman–Crippen MR) is 115 cm³/mol. The smallest absolute Gasteiger partial charge is 0.407 e. The number of sulfonamides is 1. The fourth-order valence-corrected chi connectivity index (χ4v) is 4.63. The number of carboxylic acid groups (broad SMARTS) is 1. The molecule has 2 aromatic heterocycles. The highest BCUT2D eigenvalue weighted by atomic mass is 32.2. The van der Waals surface area contributed by atoms with E-state index in [1.54, 1.807) is 16.7 Å². The Bertz CT molecular complexity index is 1320. The molecule has 0 spiro atoms. The van der Waals surface area contributed by atoms with Crippen molar-refractivity contribution in [2.45, 2.75) is 24.3 Å². The minimum absolute atomic E-state index is 0.0000501. The molecule has 2 N–H and O–H groups in total. The number of pyridine rings is 1. The first-order chi connectivity index (χ1) is 15.6. The van der Waals surface area contributed by atoms with E-state index in [2.05, 4.69) is 4.98 Å². The van der Waals surface area contributed by atoms with Crippen LogP contribution in [-0.2, 0) is 21.2 Å². The number of nitrogens with one attached hydrogen (secondary N) is 1. The largest absolute Gasteiger partial charge is 0.465 e. The molecule has 33 heavy (non-hydrogen) atoms. The number of aromatic nitrogens is 2. The first-order valence-electron chi connectivity index (χ1n) is 10.1. The van der Waals surface area contributed by atoms with E-state index in [1.165, 1.54) is 4.90 Å². The highest BCUT2D eigenvalue weighted by Crippen LogP contribution is 2.32. The molecule has 3 heterocycles. The summed E-state index contributed by atoms with van der Waals surface area (Å²) >= 11 is 0. The van der Waals surface area contributed by atoms with Crippen LogP contribution in [0.25, 0.3) is 16.9 Å². The molecule has 0 radical (unpaired) electrons. The van der Waals surface area contributed by atoms with E-state index in [4.69, 9.17) is 4.74 Å². The fourth-order valence-electron chi connectivity index (χ4n) is 3.87. The number of hydrogen-bond donors (Lipinski definition) is 2. The van der Waals surface area contributed by atoms with Crippen molar-refractivity contribution in [1.82, 2.24) is 19.0 Å². The summed E-state index contributed by atoms with van der Waals surface area (Å²) in [5.41, 5.74) is 1.28. The molecule has 0 aliphatic carbocycles. The Morgan fingerprint density at radius 2 is 2.00 bits per heavy atom. The summed E-state index contributed by atoms with van der Waals surface area (Å²) in [6.45, 7) is 2.37. The van der Waals surface area contributed by atoms with Gasteiger partial charge in [0.2, 0.25) is 10.0 Å². The average molecular weight is 480 g/mol. The monoisotopic (exact) mass is 480 g/mol. The van der Waals surface area contributed by atoms with Crippen molar-refractivity contribution in [2.75, 3.05) is 26.7 Å². The van der Waals surface area contributed by atoms with E-state index in [0.717, 1.165) is 24.7 Å². The quantitative estimate of drug-likeness (QED) is 0.580. The Balaban J connectivity index is 1.84. The molecule has 1 saturated heterocycles. The highest BCUT2D eigenvalue weighted by Gasteiger charge is 2.29. The van der Waals surface area contributed by atoms with Crippen LogP contribution in [0.2, 0.25) is 0 Å². The van der Waals surface area contributed by atoms with Gasteiger partial charge < -0.3 is 19.1 Å². The topological polar surface area (TPSA) is 113 Å². The first kappa shape index (κ1) is 23.1. The van der Waals surface area contributed by atoms with Crippen molar-refractivity contribution in [3.05, 3.63) is 53.4 Å². The van der Waals surface area contributed by atoms with Crippen LogP contribution in [0.1, 0.15) is 11.3 Å². The van der Waals surface area contributed by atoms with Gasteiger partial charge in [-0.2, -0.15) is 0 Å². The second-order valence-electron chi connectivity index (χ2n) is 7.73. The summed E-state index contributed by atoms with van der Waals surface area (Å²) in [6.07, 6.45) is 0.225. The zero-order valence-corrected chi connectivity index (χ0v) is 18.7. The first-order valence-corrected chi connectivity index (χ1v) is 11.6. The third-order valence-corrected chi connectivity index (χ3v) is 6.94. The van der Waals surface area contributed by atoms with E-state index >= 15 is 8.78 Å². The third-order valence-electron chi connectivity index (χ3n) is 5.54. The van der Waals surface area contributed by atoms with Gasteiger partial charge in [0.25, 0.3) is 0 Å². The van der Waals surface area contributed by atoms with Crippen LogP contribution >= 0.6 is 0 Å². The molecule has 0 bridgehead atoms. The van der Waals surface area contributed by atoms with Crippen LogP contribution in [0.15, 0.2) is 35.4 Å². The van der Waals surface area contributed by atoms with Gasteiger partial charge in [-0.3, -0.25) is 0 Å². The summed E-state index contributed by atoms with van der Waals surface area (Å²) in [5, 5.41) is 9.30. The predicted octanol–water partition coefficient (Wildman–Crippen LogP) is 2.42. The Labute approximate surface area is 188 Å². The average Bonchev–Trinajstić information content (AvgIpc) is 3.10. The Kier molecular flexibility index (Phi) is 6.08. The summed E-state index contributed by atoms with van der Waals surface area (Å²) in [4.78, 5) is 16.5. The molecule has 3 aromatic rings. The summed E-state index contributed by atoms with van der Waals surface area (Å²) < 4.78 is 63.6. The van der Waals surface area contributed by atoms with Crippen LogP contribution in [0.5, 0.6) is 0 Å². The molecule has 1 aliphatic heterocycles. The number of rotatable bonds is 5. The minimum Gasteiger partial charge on any atom is -0.465 e. The molecule has 12 heteroatoms. The van der Waals surface area contributed by atoms with Crippen LogP contribution < -0.4 is 4.72 Å². The van der Waals surface area contributed by atoms with Gasteiger partial charge in [0, 0.05) is 19.2 Å². The number of fused-ring (bicyclic) bond motifs is 1. The molecule has 4 rings (SSSR count). The summed E-state index contributed by atoms with van der Waals surface area (Å²) in [5.74, 6) is -2.16. The van der Waals surface area contributed by atoms with E-state index in [9.17, 15) is 18.3 Å². The molecule has 1 unspecified atom stereocenters. The van der Waals surface area contributed by atoms with Gasteiger partial charge in [-0.25, -0.2) is 31.7 Å². The molecule has 1 fully saturated rings. The number of imidazole rings is 1. The van der Waals surface area contributed by atoms with Crippen molar-refractivity contribution in [2.24, 2.45) is 0 Å². The molecule has 1 aliphatic rings. The lowest BCUT2D eigenvalue weighted by molar-refractivity contribution is -0.0214. The number of aryl methyl sites for hydroxylation is 1. The lowest BCUT2D eigenvalue weighted by Crippen LogP contribution is -2.45. The second-order valence-corrected chi connectivity index (χ2v) is 9.62. The van der Waals surface area contributed by atoms with Crippen LogP contribution in [0.4, 0.5) is 13.6 Å². The van der Waals surface area contributed by atoms with E-state index in [-0.39, 0.29) is 31.8 Å². The van der Waals surface area contributed by atoms with Crippen molar-refractivity contribution < 1.29 is 31.8 Å². The van der Waals surface area contributed by atoms with E-state index in [0.29, 0.717) is 11.3 Å². The zero-order chi connectivity index (χ0) is 23.9. The zero-order valence-electron chi connectivity index (χ0n) is 17.9. The van der Waals surface area contributed by atoms with Gasteiger partial charge in [0.05, 0.1) is 41.1 Å². The number of halogens is 2. The Morgan fingerprint density at radius 3 is 2.64 bits per heavy atom. The summed E-state index contributed by atoms with van der Waals surface area (Å²) in [6, 6.07) is 5.04. The summed E-state index contributed by atoms with van der Waals surface area (Å²) in [7, 11) is -2.91. The van der Waals surface area contributed by atoms with Crippen molar-refractivity contribution >= 4 is 21.8 Å². The highest BCUT2D eigenvalue weighted by molar-refractivity contribution is 7.89. The second kappa shape index (κ2) is 8.69. The van der Waals surface area contributed by atoms with Gasteiger partial charge in [-0.15, -0.1) is 0 Å². The molecule has 0 saturated carbocycles. The number of amides is 1. The molecule has 1 aromatic carbocycles. The number of benzene rings is 1. The van der Waals surface area contributed by atoms with Crippen molar-refractivity contribution in [3.8, 4) is 11.3 Å². The maximum Gasteiger partial charge on any atom is 0.407 e. The Morgan fingerprint density at radius 1 is 1.30 bits per heavy atom. The number of carbonyl (C=O) groups is 1. The molecule has 1 atom stereocenters. The Hall–Kier alpha value is -3.09. The third kappa shape index (κ3) is 4.41.